The number of rotatable bonds is 4. The lowest BCUT2D eigenvalue weighted by Gasteiger charge is -1.98. The van der Waals surface area contributed by atoms with Crippen molar-refractivity contribution >= 4 is 11.9 Å². The van der Waals surface area contributed by atoms with Gasteiger partial charge in [-0.1, -0.05) is 13.2 Å². The summed E-state index contributed by atoms with van der Waals surface area (Å²) >= 11 is 0. The molecule has 0 aliphatic heterocycles. The first-order chi connectivity index (χ1) is 6.47. The summed E-state index contributed by atoms with van der Waals surface area (Å²) in [6, 6.07) is 0. The Bertz CT molecular complexity index is 313. The molecule has 0 aliphatic rings. The molecule has 14 heavy (non-hydrogen) atoms. The third kappa shape index (κ3) is 5.25. The van der Waals surface area contributed by atoms with Crippen LogP contribution >= 0.6 is 0 Å². The summed E-state index contributed by atoms with van der Waals surface area (Å²) in [5.74, 6) is 0.727. The van der Waals surface area contributed by atoms with E-state index < -0.39 is 0 Å². The molecule has 2 nitrogen and oxygen atoms in total. The topological polar surface area (TPSA) is 24.7 Å². The molecule has 0 fully saturated rings. The maximum absolute atomic E-state index is 4.31. The monoisotopic (exact) mass is 190 g/mol. The zero-order chi connectivity index (χ0) is 11.1. The minimum atomic E-state index is 0.727. The van der Waals surface area contributed by atoms with Crippen molar-refractivity contribution in [1.82, 2.24) is 0 Å². The highest BCUT2D eigenvalue weighted by Crippen LogP contribution is 2.07. The number of aliphatic imine (C=N–C) groups is 2. The van der Waals surface area contributed by atoms with Crippen LogP contribution in [0, 0.1) is 0 Å². The molecule has 0 aromatic carbocycles. The second-order valence-electron chi connectivity index (χ2n) is 3.39. The van der Waals surface area contributed by atoms with Crippen LogP contribution in [0.15, 0.2) is 46.2 Å². The fourth-order valence-corrected chi connectivity index (χ4v) is 0.654. The Morgan fingerprint density at radius 3 is 2.07 bits per heavy atom. The van der Waals surface area contributed by atoms with E-state index in [-0.39, 0.29) is 0 Å². The smallest absolute Gasteiger partial charge is 0.150 e. The van der Waals surface area contributed by atoms with Crippen LogP contribution in [-0.2, 0) is 0 Å². The van der Waals surface area contributed by atoms with Gasteiger partial charge in [-0.25, -0.2) is 9.98 Å². The SMILES string of the molecule is C=C/C(C)=N\C(/N=C\C(=C)C)=C(C)C. The standard InChI is InChI=1S/C12H18N2/c1-7-11(6)14-12(10(4)5)13-8-9(2)3/h7-8H,1-2H2,3-6H3/b13-8-,14-11-. The van der Waals surface area contributed by atoms with Crippen molar-refractivity contribution in [3.8, 4) is 0 Å². The fraction of sp³-hybridized carbons (Fsp3) is 0.333. The van der Waals surface area contributed by atoms with E-state index in [1.807, 2.05) is 27.7 Å². The quantitative estimate of drug-likeness (QED) is 0.606. The highest BCUT2D eigenvalue weighted by atomic mass is 15.0. The van der Waals surface area contributed by atoms with Crippen LogP contribution in [0.3, 0.4) is 0 Å². The first-order valence-corrected chi connectivity index (χ1v) is 4.52. The summed E-state index contributed by atoms with van der Waals surface area (Å²) in [6.07, 6.45) is 3.42. The van der Waals surface area contributed by atoms with Crippen molar-refractivity contribution in [3.63, 3.8) is 0 Å². The second-order valence-corrected chi connectivity index (χ2v) is 3.39. The van der Waals surface area contributed by atoms with Crippen molar-refractivity contribution in [2.24, 2.45) is 9.98 Å². The molecule has 76 valence electrons. The van der Waals surface area contributed by atoms with Crippen LogP contribution in [0.25, 0.3) is 0 Å². The van der Waals surface area contributed by atoms with Crippen LogP contribution in [0.5, 0.6) is 0 Å². The molecule has 0 aromatic heterocycles. The van der Waals surface area contributed by atoms with Crippen LogP contribution < -0.4 is 0 Å². The zero-order valence-corrected chi connectivity index (χ0v) is 9.46. The highest BCUT2D eigenvalue weighted by Gasteiger charge is 1.93. The second kappa shape index (κ2) is 6.08. The predicted molar refractivity (Wildman–Crippen MR) is 65.0 cm³/mol. The largest absolute Gasteiger partial charge is 0.237 e. The number of nitrogens with zero attached hydrogens (tertiary/aromatic N) is 2. The molecule has 0 aromatic rings. The van der Waals surface area contributed by atoms with Crippen LogP contribution in [0.2, 0.25) is 0 Å². The van der Waals surface area contributed by atoms with Gasteiger partial charge in [-0.2, -0.15) is 0 Å². The summed E-state index contributed by atoms with van der Waals surface area (Å²) in [7, 11) is 0. The Kier molecular flexibility index (Phi) is 5.46. The lowest BCUT2D eigenvalue weighted by Crippen LogP contribution is -1.88. The molecular formula is C12H18N2. The Balaban J connectivity index is 4.92. The van der Waals surface area contributed by atoms with E-state index in [2.05, 4.69) is 23.1 Å². The van der Waals surface area contributed by atoms with Gasteiger partial charge in [-0.15, -0.1) is 0 Å². The first-order valence-electron chi connectivity index (χ1n) is 4.52. The predicted octanol–water partition coefficient (Wildman–Crippen LogP) is 3.53. The van der Waals surface area contributed by atoms with E-state index in [0.717, 1.165) is 22.7 Å². The molecule has 0 saturated heterocycles. The minimum Gasteiger partial charge on any atom is -0.237 e. The van der Waals surface area contributed by atoms with Gasteiger partial charge in [-0.05, 0) is 44.9 Å². The summed E-state index contributed by atoms with van der Waals surface area (Å²) in [4.78, 5) is 8.54. The lowest BCUT2D eigenvalue weighted by atomic mass is 10.3. The van der Waals surface area contributed by atoms with Crippen LogP contribution in [-0.4, -0.2) is 11.9 Å². The maximum atomic E-state index is 4.31. The summed E-state index contributed by atoms with van der Waals surface area (Å²) < 4.78 is 0. The van der Waals surface area contributed by atoms with Gasteiger partial charge < -0.3 is 0 Å². The maximum Gasteiger partial charge on any atom is 0.150 e. The Labute approximate surface area is 86.5 Å². The van der Waals surface area contributed by atoms with Gasteiger partial charge >= 0.3 is 0 Å². The average molecular weight is 190 g/mol. The highest BCUT2D eigenvalue weighted by molar-refractivity contribution is 5.93. The van der Waals surface area contributed by atoms with Crippen molar-refractivity contribution in [2.45, 2.75) is 27.7 Å². The Morgan fingerprint density at radius 1 is 1.14 bits per heavy atom. The molecule has 0 atom stereocenters. The summed E-state index contributed by atoms with van der Waals surface area (Å²) in [6.45, 7) is 15.1. The zero-order valence-electron chi connectivity index (χ0n) is 9.46. The van der Waals surface area contributed by atoms with Crippen molar-refractivity contribution in [1.29, 1.82) is 0 Å². The average Bonchev–Trinajstić information content (AvgIpc) is 2.10. The molecule has 0 radical (unpaired) electrons. The number of hydrogen-bond acceptors (Lipinski definition) is 2. The van der Waals surface area contributed by atoms with Crippen LogP contribution in [0.1, 0.15) is 27.7 Å². The van der Waals surface area contributed by atoms with E-state index in [1.54, 1.807) is 12.3 Å². The van der Waals surface area contributed by atoms with Crippen molar-refractivity contribution in [2.75, 3.05) is 0 Å². The van der Waals surface area contributed by atoms with Gasteiger partial charge in [0.25, 0.3) is 0 Å². The van der Waals surface area contributed by atoms with Gasteiger partial charge in [0.1, 0.15) is 0 Å². The van der Waals surface area contributed by atoms with E-state index in [1.165, 1.54) is 0 Å². The van der Waals surface area contributed by atoms with Gasteiger partial charge in [0.15, 0.2) is 5.82 Å². The van der Waals surface area contributed by atoms with Gasteiger partial charge in [0, 0.05) is 11.9 Å². The summed E-state index contributed by atoms with van der Waals surface area (Å²) in [5.41, 5.74) is 2.85. The van der Waals surface area contributed by atoms with Gasteiger partial charge in [0.2, 0.25) is 0 Å². The van der Waals surface area contributed by atoms with E-state index in [0.29, 0.717) is 0 Å². The molecule has 0 unspecified atom stereocenters. The van der Waals surface area contributed by atoms with Crippen molar-refractivity contribution < 1.29 is 0 Å². The van der Waals surface area contributed by atoms with E-state index in [9.17, 15) is 0 Å². The normalized spacial score (nSPS) is 11.6. The molecule has 0 heterocycles. The third-order valence-electron chi connectivity index (χ3n) is 1.43. The number of hydrogen-bond donors (Lipinski definition) is 0. The van der Waals surface area contributed by atoms with E-state index in [4.69, 9.17) is 0 Å². The molecule has 0 rings (SSSR count). The molecular weight excluding hydrogens is 172 g/mol. The number of allylic oxidation sites excluding steroid dienone is 3. The molecule has 2 heteroatoms. The molecule has 0 spiro atoms. The molecule has 0 amide bonds. The van der Waals surface area contributed by atoms with Gasteiger partial charge in [-0.3, -0.25) is 0 Å². The third-order valence-corrected chi connectivity index (χ3v) is 1.43. The molecule has 0 bridgehead atoms. The van der Waals surface area contributed by atoms with E-state index >= 15 is 0 Å². The molecule has 0 saturated carbocycles. The Morgan fingerprint density at radius 2 is 1.71 bits per heavy atom. The molecule has 0 aliphatic carbocycles. The lowest BCUT2D eigenvalue weighted by molar-refractivity contribution is 1.15. The molecule has 0 N–H and O–H groups in total. The first kappa shape index (κ1) is 12.6. The minimum absolute atomic E-state index is 0.727. The summed E-state index contributed by atoms with van der Waals surface area (Å²) in [5, 5.41) is 0. The van der Waals surface area contributed by atoms with Crippen molar-refractivity contribution in [3.05, 3.63) is 36.2 Å². The van der Waals surface area contributed by atoms with Gasteiger partial charge in [0.05, 0.1) is 0 Å². The fourth-order valence-electron chi connectivity index (χ4n) is 0.654. The Hall–Kier alpha value is -1.44. The van der Waals surface area contributed by atoms with Crippen LogP contribution in [0.4, 0.5) is 0 Å².